The highest BCUT2D eigenvalue weighted by molar-refractivity contribution is 5.96. The van der Waals surface area contributed by atoms with E-state index in [9.17, 15) is 9.59 Å². The van der Waals surface area contributed by atoms with Crippen LogP contribution in [0.15, 0.2) is 66.7 Å². The molecule has 35 heavy (non-hydrogen) atoms. The van der Waals surface area contributed by atoms with Crippen molar-refractivity contribution in [1.29, 1.82) is 0 Å². The number of ether oxygens (including phenoxy) is 1. The number of anilines is 2. The maximum atomic E-state index is 13.1. The lowest BCUT2D eigenvalue weighted by atomic mass is 10.00. The van der Waals surface area contributed by atoms with Crippen LogP contribution in [0, 0.1) is 0 Å². The van der Waals surface area contributed by atoms with Crippen LogP contribution in [0.3, 0.4) is 0 Å². The van der Waals surface area contributed by atoms with Crippen molar-refractivity contribution in [1.82, 2.24) is 4.90 Å². The summed E-state index contributed by atoms with van der Waals surface area (Å²) in [5.74, 6) is 1.09. The van der Waals surface area contributed by atoms with Crippen molar-refractivity contribution < 1.29 is 14.3 Å². The van der Waals surface area contributed by atoms with Gasteiger partial charge in [-0.2, -0.15) is 0 Å². The van der Waals surface area contributed by atoms with Crippen LogP contribution in [0.2, 0.25) is 0 Å². The molecule has 0 atom stereocenters. The number of amides is 2. The smallest absolute Gasteiger partial charge is 0.253 e. The zero-order valence-electron chi connectivity index (χ0n) is 20.4. The summed E-state index contributed by atoms with van der Waals surface area (Å²) in [4.78, 5) is 31.4. The van der Waals surface area contributed by atoms with Gasteiger partial charge in [-0.1, -0.05) is 31.2 Å². The molecule has 2 amide bonds. The lowest BCUT2D eigenvalue weighted by Crippen LogP contribution is -2.48. The first-order valence-corrected chi connectivity index (χ1v) is 12.3. The molecule has 0 N–H and O–H groups in total. The molecule has 2 aliphatic rings. The molecular formula is C29H31N3O3. The van der Waals surface area contributed by atoms with Gasteiger partial charge < -0.3 is 19.4 Å². The zero-order valence-corrected chi connectivity index (χ0v) is 20.4. The van der Waals surface area contributed by atoms with Gasteiger partial charge in [0.15, 0.2) is 0 Å². The normalized spacial score (nSPS) is 15.2. The number of rotatable bonds is 5. The first-order valence-electron chi connectivity index (χ1n) is 12.3. The van der Waals surface area contributed by atoms with E-state index in [0.29, 0.717) is 25.1 Å². The van der Waals surface area contributed by atoms with E-state index < -0.39 is 0 Å². The Morgan fingerprint density at radius 1 is 0.857 bits per heavy atom. The van der Waals surface area contributed by atoms with Crippen LogP contribution in [-0.2, 0) is 11.2 Å². The van der Waals surface area contributed by atoms with E-state index in [4.69, 9.17) is 4.74 Å². The average molecular weight is 470 g/mol. The molecule has 0 aromatic heterocycles. The topological polar surface area (TPSA) is 53.1 Å². The Bertz CT molecular complexity index is 1230. The molecule has 0 radical (unpaired) electrons. The second-order valence-corrected chi connectivity index (χ2v) is 9.05. The second kappa shape index (κ2) is 9.82. The molecule has 0 unspecified atom stereocenters. The Morgan fingerprint density at radius 2 is 1.60 bits per heavy atom. The van der Waals surface area contributed by atoms with E-state index in [1.807, 2.05) is 65.3 Å². The fraction of sp³-hybridized carbons (Fsp3) is 0.310. The van der Waals surface area contributed by atoms with Crippen molar-refractivity contribution in [2.75, 3.05) is 49.6 Å². The van der Waals surface area contributed by atoms with Crippen molar-refractivity contribution in [2.24, 2.45) is 0 Å². The Balaban J connectivity index is 1.23. The van der Waals surface area contributed by atoms with Gasteiger partial charge in [-0.3, -0.25) is 9.59 Å². The number of benzene rings is 3. The number of fused-ring (bicyclic) bond motifs is 1. The molecule has 1 saturated heterocycles. The average Bonchev–Trinajstić information content (AvgIpc) is 3.36. The number of hydrogen-bond donors (Lipinski definition) is 0. The predicted molar refractivity (Wildman–Crippen MR) is 139 cm³/mol. The predicted octanol–water partition coefficient (Wildman–Crippen LogP) is 4.62. The summed E-state index contributed by atoms with van der Waals surface area (Å²) in [6, 6.07) is 22.2. The number of methoxy groups -OCH3 is 1. The minimum absolute atomic E-state index is 0.0736. The van der Waals surface area contributed by atoms with E-state index in [1.54, 1.807) is 7.11 Å². The third-order valence-corrected chi connectivity index (χ3v) is 7.03. The molecule has 3 aromatic rings. The molecule has 0 aliphatic carbocycles. The summed E-state index contributed by atoms with van der Waals surface area (Å²) in [6.45, 7) is 5.63. The van der Waals surface area contributed by atoms with Gasteiger partial charge in [0, 0.05) is 62.1 Å². The van der Waals surface area contributed by atoms with Crippen LogP contribution in [0.1, 0.15) is 29.3 Å². The summed E-state index contributed by atoms with van der Waals surface area (Å²) >= 11 is 0. The van der Waals surface area contributed by atoms with E-state index in [-0.39, 0.29) is 11.8 Å². The van der Waals surface area contributed by atoms with Crippen LogP contribution in [0.5, 0.6) is 5.75 Å². The molecule has 2 heterocycles. The summed E-state index contributed by atoms with van der Waals surface area (Å²) in [6.07, 6.45) is 1.40. The van der Waals surface area contributed by atoms with Crippen LogP contribution in [-0.4, -0.2) is 56.5 Å². The minimum Gasteiger partial charge on any atom is -0.497 e. The van der Waals surface area contributed by atoms with Crippen molar-refractivity contribution in [3.8, 4) is 16.9 Å². The van der Waals surface area contributed by atoms with Crippen LogP contribution in [0.25, 0.3) is 11.1 Å². The first-order chi connectivity index (χ1) is 17.1. The minimum atomic E-state index is 0.0736. The molecule has 3 aromatic carbocycles. The van der Waals surface area contributed by atoms with E-state index in [0.717, 1.165) is 54.3 Å². The molecule has 0 saturated carbocycles. The first kappa shape index (κ1) is 23.0. The van der Waals surface area contributed by atoms with Crippen LogP contribution >= 0.6 is 0 Å². The van der Waals surface area contributed by atoms with Crippen LogP contribution in [0.4, 0.5) is 11.4 Å². The lowest BCUT2D eigenvalue weighted by molar-refractivity contribution is -0.118. The fourth-order valence-electron chi connectivity index (χ4n) is 4.99. The Hall–Kier alpha value is -3.80. The third-order valence-electron chi connectivity index (χ3n) is 7.03. The zero-order chi connectivity index (χ0) is 24.4. The Labute approximate surface area is 206 Å². The molecule has 0 spiro atoms. The number of hydrogen-bond acceptors (Lipinski definition) is 4. The van der Waals surface area contributed by atoms with Gasteiger partial charge in [-0.15, -0.1) is 0 Å². The standard InChI is InChI=1S/C29H31N3O3/c1-3-28(33)32-14-13-24-19-23(11-12-27(24)32)21-7-9-22(10-8-21)29(34)31-17-15-30(16-18-31)25-5-4-6-26(20-25)35-2/h4-12,19-20H,3,13-18H2,1-2H3. The quantitative estimate of drug-likeness (QED) is 0.547. The monoisotopic (exact) mass is 469 g/mol. The highest BCUT2D eigenvalue weighted by atomic mass is 16.5. The highest BCUT2D eigenvalue weighted by Gasteiger charge is 2.25. The number of piperazine rings is 1. The highest BCUT2D eigenvalue weighted by Crippen LogP contribution is 2.33. The fourth-order valence-corrected chi connectivity index (χ4v) is 4.99. The van der Waals surface area contributed by atoms with Gasteiger partial charge >= 0.3 is 0 Å². The largest absolute Gasteiger partial charge is 0.497 e. The van der Waals surface area contributed by atoms with Gasteiger partial charge in [0.25, 0.3) is 5.91 Å². The second-order valence-electron chi connectivity index (χ2n) is 9.05. The van der Waals surface area contributed by atoms with Gasteiger partial charge in [0.1, 0.15) is 5.75 Å². The SMILES string of the molecule is CCC(=O)N1CCc2cc(-c3ccc(C(=O)N4CCN(c5cccc(OC)c5)CC4)cc3)ccc21. The molecular weight excluding hydrogens is 438 g/mol. The molecule has 180 valence electrons. The third kappa shape index (κ3) is 4.61. The van der Waals surface area contributed by atoms with Crippen molar-refractivity contribution >= 4 is 23.2 Å². The van der Waals surface area contributed by atoms with Crippen molar-refractivity contribution in [3.63, 3.8) is 0 Å². The van der Waals surface area contributed by atoms with E-state index in [1.165, 1.54) is 5.56 Å². The number of nitrogens with zero attached hydrogens (tertiary/aromatic N) is 3. The van der Waals surface area contributed by atoms with E-state index >= 15 is 0 Å². The van der Waals surface area contributed by atoms with Gasteiger partial charge in [-0.25, -0.2) is 0 Å². The maximum absolute atomic E-state index is 13.1. The number of carbonyl (C=O) groups is 2. The molecule has 6 heteroatoms. The Morgan fingerprint density at radius 3 is 2.31 bits per heavy atom. The maximum Gasteiger partial charge on any atom is 0.253 e. The lowest BCUT2D eigenvalue weighted by Gasteiger charge is -2.36. The van der Waals surface area contributed by atoms with Gasteiger partial charge in [0.05, 0.1) is 7.11 Å². The molecule has 2 aliphatic heterocycles. The van der Waals surface area contributed by atoms with Gasteiger partial charge in [0.2, 0.25) is 5.91 Å². The number of carbonyl (C=O) groups excluding carboxylic acids is 2. The summed E-state index contributed by atoms with van der Waals surface area (Å²) in [5.41, 5.74) is 6.26. The molecule has 5 rings (SSSR count). The summed E-state index contributed by atoms with van der Waals surface area (Å²) < 4.78 is 5.34. The summed E-state index contributed by atoms with van der Waals surface area (Å²) in [5, 5.41) is 0. The van der Waals surface area contributed by atoms with E-state index in [2.05, 4.69) is 23.1 Å². The molecule has 0 bridgehead atoms. The molecule has 1 fully saturated rings. The van der Waals surface area contributed by atoms with Crippen molar-refractivity contribution in [3.05, 3.63) is 77.9 Å². The Kier molecular flexibility index (Phi) is 6.45. The summed E-state index contributed by atoms with van der Waals surface area (Å²) in [7, 11) is 1.68. The van der Waals surface area contributed by atoms with Crippen molar-refractivity contribution in [2.45, 2.75) is 19.8 Å². The van der Waals surface area contributed by atoms with Crippen LogP contribution < -0.4 is 14.5 Å². The molecule has 6 nitrogen and oxygen atoms in total. The van der Waals surface area contributed by atoms with Gasteiger partial charge in [-0.05, 0) is 59.5 Å².